The lowest BCUT2D eigenvalue weighted by Crippen LogP contribution is -2.47. The molecule has 1 fully saturated rings. The Hall–Kier alpha value is -0.770. The average Bonchev–Trinajstić information content (AvgIpc) is 3.02. The zero-order valence-corrected chi connectivity index (χ0v) is 9.70. The Labute approximate surface area is 91.6 Å². The zero-order chi connectivity index (χ0) is 11.3. The normalized spacial score (nSPS) is 15.5. The van der Waals surface area contributed by atoms with Crippen LogP contribution in [0.5, 0.6) is 0 Å². The van der Waals surface area contributed by atoms with Crippen molar-refractivity contribution in [3.63, 3.8) is 0 Å². The summed E-state index contributed by atoms with van der Waals surface area (Å²) in [6.07, 6.45) is 4.08. The fraction of sp³-hybridized carbons (Fsp3) is 0.909. The average molecular weight is 214 g/mol. The zero-order valence-electron chi connectivity index (χ0n) is 9.70. The fourth-order valence-electron chi connectivity index (χ4n) is 1.77. The molecule has 1 rings (SSSR count). The van der Waals surface area contributed by atoms with Gasteiger partial charge in [0.1, 0.15) is 0 Å². The molecule has 0 atom stereocenters. The van der Waals surface area contributed by atoms with Gasteiger partial charge in [-0.05, 0) is 25.7 Å². The van der Waals surface area contributed by atoms with Gasteiger partial charge in [0.15, 0.2) is 0 Å². The van der Waals surface area contributed by atoms with Crippen LogP contribution in [0.1, 0.15) is 39.5 Å². The number of aliphatic hydroxyl groups excluding tert-OH is 1. The van der Waals surface area contributed by atoms with Crippen molar-refractivity contribution in [2.24, 2.45) is 0 Å². The number of carbonyl (C=O) groups excluding carboxylic acids is 1. The molecule has 0 bridgehead atoms. The van der Waals surface area contributed by atoms with Gasteiger partial charge in [-0.25, -0.2) is 4.79 Å². The third-order valence-electron chi connectivity index (χ3n) is 2.89. The minimum atomic E-state index is -0.0137. The van der Waals surface area contributed by atoms with Crippen LogP contribution in [0.25, 0.3) is 0 Å². The first-order valence-corrected chi connectivity index (χ1v) is 5.90. The molecule has 0 radical (unpaired) electrons. The van der Waals surface area contributed by atoms with Crippen molar-refractivity contribution in [3.8, 4) is 0 Å². The summed E-state index contributed by atoms with van der Waals surface area (Å²) in [7, 11) is 0. The summed E-state index contributed by atoms with van der Waals surface area (Å²) >= 11 is 0. The van der Waals surface area contributed by atoms with Crippen LogP contribution < -0.4 is 5.32 Å². The Morgan fingerprint density at radius 2 is 2.07 bits per heavy atom. The molecule has 4 nitrogen and oxygen atoms in total. The summed E-state index contributed by atoms with van der Waals surface area (Å²) < 4.78 is 0. The molecule has 88 valence electrons. The standard InChI is InChI=1S/C11H22N2O2/c1-3-10(4-2)13(7-8-14)11(15)12-9-5-6-9/h9-10,14H,3-8H2,1-2H3,(H,12,15). The summed E-state index contributed by atoms with van der Waals surface area (Å²) in [5.74, 6) is 0. The molecule has 0 aromatic rings. The van der Waals surface area contributed by atoms with Crippen LogP contribution in [0, 0.1) is 0 Å². The molecule has 0 spiro atoms. The summed E-state index contributed by atoms with van der Waals surface area (Å²) in [4.78, 5) is 13.6. The second kappa shape index (κ2) is 5.95. The van der Waals surface area contributed by atoms with E-state index in [4.69, 9.17) is 5.11 Å². The van der Waals surface area contributed by atoms with Crippen molar-refractivity contribution in [2.45, 2.75) is 51.6 Å². The first-order chi connectivity index (χ1) is 7.22. The van der Waals surface area contributed by atoms with Gasteiger partial charge < -0.3 is 15.3 Å². The van der Waals surface area contributed by atoms with Crippen LogP contribution in [0.3, 0.4) is 0 Å². The number of amides is 2. The number of urea groups is 1. The Balaban J connectivity index is 2.48. The van der Waals surface area contributed by atoms with Gasteiger partial charge in [-0.15, -0.1) is 0 Å². The smallest absolute Gasteiger partial charge is 0.317 e. The van der Waals surface area contributed by atoms with E-state index in [0.717, 1.165) is 25.7 Å². The summed E-state index contributed by atoms with van der Waals surface area (Å²) in [6, 6.07) is 0.615. The van der Waals surface area contributed by atoms with Gasteiger partial charge in [-0.1, -0.05) is 13.8 Å². The highest BCUT2D eigenvalue weighted by Gasteiger charge is 2.27. The largest absolute Gasteiger partial charge is 0.395 e. The van der Waals surface area contributed by atoms with E-state index in [1.807, 2.05) is 0 Å². The third-order valence-corrected chi connectivity index (χ3v) is 2.89. The highest BCUT2D eigenvalue weighted by molar-refractivity contribution is 5.75. The van der Waals surface area contributed by atoms with E-state index in [9.17, 15) is 4.79 Å². The topological polar surface area (TPSA) is 52.6 Å². The number of carbonyl (C=O) groups is 1. The van der Waals surface area contributed by atoms with Gasteiger partial charge in [-0.2, -0.15) is 0 Å². The van der Waals surface area contributed by atoms with E-state index in [2.05, 4.69) is 19.2 Å². The summed E-state index contributed by atoms with van der Waals surface area (Å²) in [5.41, 5.74) is 0. The van der Waals surface area contributed by atoms with E-state index in [-0.39, 0.29) is 18.7 Å². The highest BCUT2D eigenvalue weighted by atomic mass is 16.3. The second-order valence-corrected chi connectivity index (χ2v) is 4.11. The first-order valence-electron chi connectivity index (χ1n) is 5.90. The molecular formula is C11H22N2O2. The van der Waals surface area contributed by atoms with E-state index >= 15 is 0 Å². The van der Waals surface area contributed by atoms with Crippen LogP contribution in [-0.2, 0) is 0 Å². The van der Waals surface area contributed by atoms with Gasteiger partial charge in [0, 0.05) is 18.6 Å². The lowest BCUT2D eigenvalue weighted by molar-refractivity contribution is 0.147. The van der Waals surface area contributed by atoms with E-state index in [1.54, 1.807) is 4.90 Å². The van der Waals surface area contributed by atoms with E-state index in [0.29, 0.717) is 12.6 Å². The predicted molar refractivity (Wildman–Crippen MR) is 59.7 cm³/mol. The van der Waals surface area contributed by atoms with Crippen LogP contribution >= 0.6 is 0 Å². The molecule has 0 aromatic carbocycles. The Bertz CT molecular complexity index is 201. The van der Waals surface area contributed by atoms with Crippen molar-refractivity contribution < 1.29 is 9.90 Å². The van der Waals surface area contributed by atoms with Crippen molar-refractivity contribution >= 4 is 6.03 Å². The van der Waals surface area contributed by atoms with Crippen LogP contribution in [0.15, 0.2) is 0 Å². The first kappa shape index (κ1) is 12.3. The molecule has 1 aliphatic rings. The maximum Gasteiger partial charge on any atom is 0.317 e. The predicted octanol–water partition coefficient (Wildman–Crippen LogP) is 1.34. The molecule has 0 saturated heterocycles. The van der Waals surface area contributed by atoms with Crippen molar-refractivity contribution in [3.05, 3.63) is 0 Å². The van der Waals surface area contributed by atoms with Gasteiger partial charge in [0.25, 0.3) is 0 Å². The maximum absolute atomic E-state index is 11.8. The Morgan fingerprint density at radius 3 is 2.47 bits per heavy atom. The molecule has 1 saturated carbocycles. The fourth-order valence-corrected chi connectivity index (χ4v) is 1.77. The molecule has 2 amide bonds. The van der Waals surface area contributed by atoms with E-state index in [1.165, 1.54) is 0 Å². The molecule has 2 N–H and O–H groups in total. The van der Waals surface area contributed by atoms with E-state index < -0.39 is 0 Å². The number of nitrogens with zero attached hydrogens (tertiary/aromatic N) is 1. The highest BCUT2D eigenvalue weighted by Crippen LogP contribution is 2.19. The summed E-state index contributed by atoms with van der Waals surface area (Å²) in [5, 5.41) is 11.9. The monoisotopic (exact) mass is 214 g/mol. The number of nitrogens with one attached hydrogen (secondary N) is 1. The van der Waals surface area contributed by atoms with Crippen LogP contribution in [0.4, 0.5) is 4.79 Å². The third kappa shape index (κ3) is 3.70. The van der Waals surface area contributed by atoms with Crippen LogP contribution in [-0.4, -0.2) is 41.3 Å². The molecule has 15 heavy (non-hydrogen) atoms. The molecule has 0 heterocycles. The molecule has 4 heteroatoms. The summed E-state index contributed by atoms with van der Waals surface area (Å²) in [6.45, 7) is 4.62. The Kier molecular flexibility index (Phi) is 4.88. The second-order valence-electron chi connectivity index (χ2n) is 4.11. The minimum absolute atomic E-state index is 0.0137. The van der Waals surface area contributed by atoms with Gasteiger partial charge >= 0.3 is 6.03 Å². The lowest BCUT2D eigenvalue weighted by Gasteiger charge is -2.30. The molecular weight excluding hydrogens is 192 g/mol. The Morgan fingerprint density at radius 1 is 1.47 bits per heavy atom. The molecule has 1 aliphatic carbocycles. The van der Waals surface area contributed by atoms with Gasteiger partial charge in [0.05, 0.1) is 6.61 Å². The lowest BCUT2D eigenvalue weighted by atomic mass is 10.1. The number of hydrogen-bond donors (Lipinski definition) is 2. The molecule has 0 aliphatic heterocycles. The van der Waals surface area contributed by atoms with Crippen molar-refractivity contribution in [1.82, 2.24) is 10.2 Å². The molecule has 0 aromatic heterocycles. The molecule has 0 unspecified atom stereocenters. The number of aliphatic hydroxyl groups is 1. The quantitative estimate of drug-likeness (QED) is 0.701. The SMILES string of the molecule is CCC(CC)N(CCO)C(=O)NC1CC1. The maximum atomic E-state index is 11.8. The minimum Gasteiger partial charge on any atom is -0.395 e. The number of rotatable bonds is 6. The van der Waals surface area contributed by atoms with Gasteiger partial charge in [-0.3, -0.25) is 0 Å². The van der Waals surface area contributed by atoms with Crippen molar-refractivity contribution in [1.29, 1.82) is 0 Å². The van der Waals surface area contributed by atoms with Gasteiger partial charge in [0.2, 0.25) is 0 Å². The van der Waals surface area contributed by atoms with Crippen LogP contribution in [0.2, 0.25) is 0 Å². The number of hydrogen-bond acceptors (Lipinski definition) is 2. The van der Waals surface area contributed by atoms with Crippen molar-refractivity contribution in [2.75, 3.05) is 13.2 Å².